The summed E-state index contributed by atoms with van der Waals surface area (Å²) in [6.07, 6.45) is 2.78. The Balaban J connectivity index is 1.96. The summed E-state index contributed by atoms with van der Waals surface area (Å²) in [6.45, 7) is 2.55. The van der Waals surface area contributed by atoms with Crippen molar-refractivity contribution in [3.05, 3.63) is 64.2 Å². The van der Waals surface area contributed by atoms with Gasteiger partial charge < -0.3 is 5.32 Å². The molecule has 0 bridgehead atoms. The molecule has 0 aliphatic carbocycles. The summed E-state index contributed by atoms with van der Waals surface area (Å²) in [5, 5.41) is 3.69. The van der Waals surface area contributed by atoms with Crippen LogP contribution in [0.15, 0.2) is 47.4 Å². The summed E-state index contributed by atoms with van der Waals surface area (Å²) in [5.74, 6) is -0.0228. The van der Waals surface area contributed by atoms with E-state index < -0.39 is 0 Å². The molecule has 0 radical (unpaired) electrons. The topological polar surface area (TPSA) is 29.1 Å². The number of aryl methyl sites for hydroxylation is 1. The first-order chi connectivity index (χ1) is 10.1. The van der Waals surface area contributed by atoms with E-state index in [1.54, 1.807) is 11.8 Å². The molecule has 110 valence electrons. The maximum Gasteiger partial charge on any atom is 0.251 e. The molecule has 0 aliphatic heterocycles. The fourth-order valence-electron chi connectivity index (χ4n) is 2.08. The number of carbonyl (C=O) groups is 1. The highest BCUT2D eigenvalue weighted by molar-refractivity contribution is 7.98. The van der Waals surface area contributed by atoms with Crippen LogP contribution in [-0.2, 0) is 6.42 Å². The van der Waals surface area contributed by atoms with Crippen LogP contribution in [0.3, 0.4) is 0 Å². The SMILES string of the molecule is CSc1ccc(C)c(C(=O)NCCc2cccc(Cl)c2)c1. The Morgan fingerprint density at radius 3 is 2.76 bits per heavy atom. The maximum absolute atomic E-state index is 12.2. The summed E-state index contributed by atoms with van der Waals surface area (Å²) >= 11 is 7.58. The summed E-state index contributed by atoms with van der Waals surface area (Å²) in [6, 6.07) is 13.7. The first kappa shape index (κ1) is 15.9. The number of halogens is 1. The Bertz CT molecular complexity index is 642. The monoisotopic (exact) mass is 319 g/mol. The lowest BCUT2D eigenvalue weighted by Gasteiger charge is -2.09. The van der Waals surface area contributed by atoms with Crippen molar-refractivity contribution in [3.63, 3.8) is 0 Å². The third-order valence-corrected chi connectivity index (χ3v) is 4.24. The van der Waals surface area contributed by atoms with Gasteiger partial charge in [-0.3, -0.25) is 4.79 Å². The second-order valence-corrected chi connectivity index (χ2v) is 6.13. The molecule has 0 aromatic heterocycles. The highest BCUT2D eigenvalue weighted by Crippen LogP contribution is 2.19. The van der Waals surface area contributed by atoms with Crippen molar-refractivity contribution in [1.29, 1.82) is 0 Å². The smallest absolute Gasteiger partial charge is 0.251 e. The van der Waals surface area contributed by atoms with Gasteiger partial charge in [0.1, 0.15) is 0 Å². The van der Waals surface area contributed by atoms with E-state index in [0.29, 0.717) is 6.54 Å². The van der Waals surface area contributed by atoms with Crippen LogP contribution in [-0.4, -0.2) is 18.7 Å². The molecule has 2 aromatic rings. The molecule has 0 spiro atoms. The van der Waals surface area contributed by atoms with E-state index >= 15 is 0 Å². The van der Waals surface area contributed by atoms with E-state index in [9.17, 15) is 4.79 Å². The van der Waals surface area contributed by atoms with Crippen LogP contribution in [0.1, 0.15) is 21.5 Å². The van der Waals surface area contributed by atoms with Crippen molar-refractivity contribution in [3.8, 4) is 0 Å². The number of thioether (sulfide) groups is 1. The molecule has 2 rings (SSSR count). The quantitative estimate of drug-likeness (QED) is 0.830. The van der Waals surface area contributed by atoms with Crippen molar-refractivity contribution in [2.24, 2.45) is 0 Å². The molecule has 4 heteroatoms. The number of amides is 1. The van der Waals surface area contributed by atoms with E-state index in [1.165, 1.54) is 0 Å². The van der Waals surface area contributed by atoms with Crippen LogP contribution in [0.25, 0.3) is 0 Å². The zero-order chi connectivity index (χ0) is 15.2. The zero-order valence-electron chi connectivity index (χ0n) is 12.2. The van der Waals surface area contributed by atoms with Gasteiger partial charge in [-0.15, -0.1) is 11.8 Å². The van der Waals surface area contributed by atoms with Gasteiger partial charge in [0, 0.05) is 22.0 Å². The number of carbonyl (C=O) groups excluding carboxylic acids is 1. The predicted octanol–water partition coefficient (Wildman–Crippen LogP) is 4.34. The first-order valence-corrected chi connectivity index (χ1v) is 8.37. The van der Waals surface area contributed by atoms with E-state index in [0.717, 1.165) is 33.0 Å². The number of hydrogen-bond acceptors (Lipinski definition) is 2. The number of rotatable bonds is 5. The fourth-order valence-corrected chi connectivity index (χ4v) is 2.73. The van der Waals surface area contributed by atoms with Gasteiger partial charge in [0.25, 0.3) is 5.91 Å². The standard InChI is InChI=1S/C17H18ClNOS/c1-12-6-7-15(21-2)11-16(12)17(20)19-9-8-13-4-3-5-14(18)10-13/h3-7,10-11H,8-9H2,1-2H3,(H,19,20). The number of hydrogen-bond donors (Lipinski definition) is 1. The molecule has 0 fully saturated rings. The molecular weight excluding hydrogens is 302 g/mol. The normalized spacial score (nSPS) is 10.4. The third-order valence-electron chi connectivity index (χ3n) is 3.28. The molecule has 0 aliphatic rings. The average Bonchev–Trinajstić information content (AvgIpc) is 2.47. The predicted molar refractivity (Wildman–Crippen MR) is 90.4 cm³/mol. The second-order valence-electron chi connectivity index (χ2n) is 4.82. The Labute approximate surface area is 134 Å². The van der Waals surface area contributed by atoms with Gasteiger partial charge in [0.05, 0.1) is 0 Å². The summed E-state index contributed by atoms with van der Waals surface area (Å²) in [4.78, 5) is 13.3. The zero-order valence-corrected chi connectivity index (χ0v) is 13.7. The van der Waals surface area contributed by atoms with Gasteiger partial charge in [0.15, 0.2) is 0 Å². The summed E-state index contributed by atoms with van der Waals surface area (Å²) in [7, 11) is 0. The Kier molecular flexibility index (Phi) is 5.71. The van der Waals surface area contributed by atoms with E-state index in [-0.39, 0.29) is 5.91 Å². The van der Waals surface area contributed by atoms with Crippen molar-refractivity contribution < 1.29 is 4.79 Å². The minimum Gasteiger partial charge on any atom is -0.352 e. The van der Waals surface area contributed by atoms with Crippen molar-refractivity contribution in [2.75, 3.05) is 12.8 Å². The van der Waals surface area contributed by atoms with Crippen LogP contribution in [0, 0.1) is 6.92 Å². The average molecular weight is 320 g/mol. The molecule has 1 N–H and O–H groups in total. The molecule has 0 atom stereocenters. The van der Waals surface area contributed by atoms with Crippen LogP contribution in [0.5, 0.6) is 0 Å². The van der Waals surface area contributed by atoms with Gasteiger partial charge in [0.2, 0.25) is 0 Å². The van der Waals surface area contributed by atoms with Crippen LogP contribution in [0.4, 0.5) is 0 Å². The van der Waals surface area contributed by atoms with E-state index in [1.807, 2.05) is 55.6 Å². The Morgan fingerprint density at radius 2 is 2.05 bits per heavy atom. The van der Waals surface area contributed by atoms with Crippen LogP contribution in [0.2, 0.25) is 5.02 Å². The highest BCUT2D eigenvalue weighted by atomic mass is 35.5. The van der Waals surface area contributed by atoms with Crippen molar-refractivity contribution in [1.82, 2.24) is 5.32 Å². The molecule has 2 aromatic carbocycles. The molecule has 0 unspecified atom stereocenters. The lowest BCUT2D eigenvalue weighted by Crippen LogP contribution is -2.26. The first-order valence-electron chi connectivity index (χ1n) is 6.77. The Hall–Kier alpha value is -1.45. The van der Waals surface area contributed by atoms with Crippen molar-refractivity contribution >= 4 is 29.3 Å². The molecule has 1 amide bonds. The summed E-state index contributed by atoms with van der Waals surface area (Å²) in [5.41, 5.74) is 2.86. The van der Waals surface area contributed by atoms with Gasteiger partial charge in [-0.2, -0.15) is 0 Å². The molecule has 0 saturated carbocycles. The summed E-state index contributed by atoms with van der Waals surface area (Å²) < 4.78 is 0. The van der Waals surface area contributed by atoms with E-state index in [2.05, 4.69) is 5.32 Å². The number of benzene rings is 2. The molecule has 21 heavy (non-hydrogen) atoms. The third kappa shape index (κ3) is 4.51. The molecule has 2 nitrogen and oxygen atoms in total. The maximum atomic E-state index is 12.2. The lowest BCUT2D eigenvalue weighted by atomic mass is 10.1. The minimum atomic E-state index is -0.0228. The van der Waals surface area contributed by atoms with Gasteiger partial charge in [-0.25, -0.2) is 0 Å². The second kappa shape index (κ2) is 7.53. The van der Waals surface area contributed by atoms with E-state index in [4.69, 9.17) is 11.6 Å². The van der Waals surface area contributed by atoms with Crippen molar-refractivity contribution in [2.45, 2.75) is 18.2 Å². The van der Waals surface area contributed by atoms with Gasteiger partial charge in [-0.1, -0.05) is 29.8 Å². The van der Waals surface area contributed by atoms with Crippen LogP contribution >= 0.6 is 23.4 Å². The van der Waals surface area contributed by atoms with Gasteiger partial charge >= 0.3 is 0 Å². The minimum absolute atomic E-state index is 0.0228. The van der Waals surface area contributed by atoms with Gasteiger partial charge in [-0.05, 0) is 55.0 Å². The molecule has 0 heterocycles. The largest absolute Gasteiger partial charge is 0.352 e. The molecule has 0 saturated heterocycles. The Morgan fingerprint density at radius 1 is 1.24 bits per heavy atom. The highest BCUT2D eigenvalue weighted by Gasteiger charge is 2.09. The number of nitrogens with one attached hydrogen (secondary N) is 1. The van der Waals surface area contributed by atoms with Crippen LogP contribution < -0.4 is 5.32 Å². The lowest BCUT2D eigenvalue weighted by molar-refractivity contribution is 0.0953. The fraction of sp³-hybridized carbons (Fsp3) is 0.235. The molecular formula is C17H18ClNOS.